The van der Waals surface area contributed by atoms with E-state index in [9.17, 15) is 14.4 Å². The molecule has 0 aliphatic rings. The molecule has 1 atom stereocenters. The first kappa shape index (κ1) is 73.3. The van der Waals surface area contributed by atoms with Crippen LogP contribution in [-0.2, 0) is 28.6 Å². The molecule has 77 heavy (non-hydrogen) atoms. The van der Waals surface area contributed by atoms with Crippen molar-refractivity contribution in [2.45, 2.75) is 322 Å². The normalized spacial score (nSPS) is 12.7. The summed E-state index contributed by atoms with van der Waals surface area (Å²) < 4.78 is 16.9. The Morgan fingerprint density at radius 3 is 0.792 bits per heavy atom. The largest absolute Gasteiger partial charge is 0.462 e. The lowest BCUT2D eigenvalue weighted by molar-refractivity contribution is -0.167. The number of ether oxygens (including phenoxy) is 3. The lowest BCUT2D eigenvalue weighted by Gasteiger charge is -2.18. The van der Waals surface area contributed by atoms with Crippen molar-refractivity contribution in [3.05, 3.63) is 97.2 Å². The Kier molecular flexibility index (Phi) is 61.8. The third-order valence-electron chi connectivity index (χ3n) is 14.1. The fourth-order valence-corrected chi connectivity index (χ4v) is 9.23. The van der Waals surface area contributed by atoms with E-state index in [2.05, 4.69) is 118 Å². The quantitative estimate of drug-likeness (QED) is 0.0261. The average Bonchev–Trinajstić information content (AvgIpc) is 3.43. The van der Waals surface area contributed by atoms with Crippen LogP contribution in [0.15, 0.2) is 97.2 Å². The Morgan fingerprint density at radius 2 is 0.506 bits per heavy atom. The lowest BCUT2D eigenvalue weighted by Crippen LogP contribution is -2.30. The molecule has 0 aromatic heterocycles. The minimum absolute atomic E-state index is 0.0775. The highest BCUT2D eigenvalue weighted by molar-refractivity contribution is 5.71. The molecule has 0 saturated heterocycles. The van der Waals surface area contributed by atoms with Crippen molar-refractivity contribution in [3.8, 4) is 0 Å². The third-order valence-corrected chi connectivity index (χ3v) is 14.1. The highest BCUT2D eigenvalue weighted by Gasteiger charge is 2.19. The zero-order valence-corrected chi connectivity index (χ0v) is 50.7. The first-order valence-corrected chi connectivity index (χ1v) is 32.7. The summed E-state index contributed by atoms with van der Waals surface area (Å²) in [5, 5.41) is 0. The summed E-state index contributed by atoms with van der Waals surface area (Å²) >= 11 is 0. The molecule has 0 aliphatic carbocycles. The van der Waals surface area contributed by atoms with Gasteiger partial charge >= 0.3 is 17.9 Å². The van der Waals surface area contributed by atoms with Crippen molar-refractivity contribution >= 4 is 17.9 Å². The van der Waals surface area contributed by atoms with E-state index in [0.717, 1.165) is 122 Å². The number of carbonyl (C=O) groups is 3. The number of carbonyl (C=O) groups excluding carboxylic acids is 3. The van der Waals surface area contributed by atoms with Crippen LogP contribution >= 0.6 is 0 Å². The molecule has 0 bridgehead atoms. The maximum Gasteiger partial charge on any atom is 0.306 e. The van der Waals surface area contributed by atoms with Crippen LogP contribution < -0.4 is 0 Å². The van der Waals surface area contributed by atoms with Crippen molar-refractivity contribution in [3.63, 3.8) is 0 Å². The molecule has 1 unspecified atom stereocenters. The second kappa shape index (κ2) is 64.9. The van der Waals surface area contributed by atoms with Crippen LogP contribution in [0.4, 0.5) is 0 Å². The van der Waals surface area contributed by atoms with E-state index < -0.39 is 6.10 Å². The molecule has 0 aromatic carbocycles. The number of allylic oxidation sites excluding steroid dienone is 16. The molecule has 6 nitrogen and oxygen atoms in total. The van der Waals surface area contributed by atoms with Crippen LogP contribution in [0.1, 0.15) is 316 Å². The van der Waals surface area contributed by atoms with E-state index in [-0.39, 0.29) is 31.1 Å². The van der Waals surface area contributed by atoms with Crippen LogP contribution in [0.25, 0.3) is 0 Å². The van der Waals surface area contributed by atoms with Crippen LogP contribution in [0.5, 0.6) is 0 Å². The molecule has 0 saturated carbocycles. The summed E-state index contributed by atoms with van der Waals surface area (Å²) in [7, 11) is 0. The smallest absolute Gasteiger partial charge is 0.306 e. The van der Waals surface area contributed by atoms with E-state index in [0.29, 0.717) is 19.3 Å². The van der Waals surface area contributed by atoms with Gasteiger partial charge in [0.15, 0.2) is 6.10 Å². The summed E-state index contributed by atoms with van der Waals surface area (Å²) in [4.78, 5) is 38.2. The Balaban J connectivity index is 4.27. The van der Waals surface area contributed by atoms with Crippen LogP contribution in [0, 0.1) is 0 Å². The van der Waals surface area contributed by atoms with E-state index in [4.69, 9.17) is 14.2 Å². The SMILES string of the molecule is CC/C=C\C/C=C\C/C=C\C/C=C\C/C=C\C/C=C\C/C=C\C/C=C\CCCCCCCCC(=O)OCC(COC(=O)CCCCCCCCCCCCC)OC(=O)CCCCCCCCCCCCCCCCCCC. The minimum atomic E-state index is -0.781. The van der Waals surface area contributed by atoms with Gasteiger partial charge in [0.1, 0.15) is 13.2 Å². The lowest BCUT2D eigenvalue weighted by atomic mass is 10.0. The molecule has 0 heterocycles. The van der Waals surface area contributed by atoms with Gasteiger partial charge in [-0.15, -0.1) is 0 Å². The average molecular weight is 1070 g/mol. The van der Waals surface area contributed by atoms with Crippen molar-refractivity contribution in [2.24, 2.45) is 0 Å². The number of esters is 3. The summed E-state index contributed by atoms with van der Waals surface area (Å²) in [6.45, 7) is 6.54. The molecule has 0 amide bonds. The van der Waals surface area contributed by atoms with Gasteiger partial charge in [-0.25, -0.2) is 0 Å². The van der Waals surface area contributed by atoms with Gasteiger partial charge in [0, 0.05) is 19.3 Å². The van der Waals surface area contributed by atoms with Gasteiger partial charge < -0.3 is 14.2 Å². The fraction of sp³-hybridized carbons (Fsp3) is 0.732. The second-order valence-corrected chi connectivity index (χ2v) is 21.7. The third kappa shape index (κ3) is 63.0. The van der Waals surface area contributed by atoms with Crippen LogP contribution in [-0.4, -0.2) is 37.2 Å². The molecule has 0 aliphatic heterocycles. The van der Waals surface area contributed by atoms with Gasteiger partial charge in [-0.1, -0.05) is 311 Å². The van der Waals surface area contributed by atoms with Gasteiger partial charge in [-0.05, 0) is 83.5 Å². The number of hydrogen-bond acceptors (Lipinski definition) is 6. The highest BCUT2D eigenvalue weighted by atomic mass is 16.6. The molecule has 6 heteroatoms. The number of unbranched alkanes of at least 4 members (excludes halogenated alkanes) is 32. The van der Waals surface area contributed by atoms with Crippen molar-refractivity contribution in [1.29, 1.82) is 0 Å². The first-order valence-electron chi connectivity index (χ1n) is 32.7. The van der Waals surface area contributed by atoms with Crippen molar-refractivity contribution < 1.29 is 28.6 Å². The second-order valence-electron chi connectivity index (χ2n) is 21.7. The van der Waals surface area contributed by atoms with Gasteiger partial charge in [0.2, 0.25) is 0 Å². The molecule has 0 radical (unpaired) electrons. The highest BCUT2D eigenvalue weighted by Crippen LogP contribution is 2.17. The van der Waals surface area contributed by atoms with Gasteiger partial charge in [-0.3, -0.25) is 14.4 Å². The monoisotopic (exact) mass is 1070 g/mol. The molecule has 0 rings (SSSR count). The summed E-state index contributed by atoms with van der Waals surface area (Å²) in [6.07, 6.45) is 87.0. The van der Waals surface area contributed by atoms with Gasteiger partial charge in [-0.2, -0.15) is 0 Å². The molecule has 0 aromatic rings. The van der Waals surface area contributed by atoms with E-state index in [1.165, 1.54) is 154 Å². The molecule has 442 valence electrons. The standard InChI is InChI=1S/C71H122O6/c1-4-7-10-13-16-19-22-24-26-28-29-30-31-32-33-34-35-36-37-38-39-40-41-43-44-46-49-52-55-58-61-64-70(73)76-67-68(66-75-69(72)63-60-57-54-51-48-21-18-15-12-9-6-3)77-71(74)65-62-59-56-53-50-47-45-42-27-25-23-20-17-14-11-8-5-2/h7,10,16,19,24,26,29-30,32-33,35-36,38-39,41,43,68H,4-6,8-9,11-15,17-18,20-23,25,27-28,31,34,37,40,42,44-67H2,1-3H3/b10-7-,19-16-,26-24-,30-29-,33-32-,36-35-,39-38-,43-41-. The molecular weight excluding hydrogens is 949 g/mol. The predicted octanol–water partition coefficient (Wildman–Crippen LogP) is 22.4. The maximum atomic E-state index is 12.9. The van der Waals surface area contributed by atoms with E-state index >= 15 is 0 Å². The van der Waals surface area contributed by atoms with Crippen LogP contribution in [0.3, 0.4) is 0 Å². The topological polar surface area (TPSA) is 78.9 Å². The first-order chi connectivity index (χ1) is 38.0. The van der Waals surface area contributed by atoms with Gasteiger partial charge in [0.05, 0.1) is 0 Å². The van der Waals surface area contributed by atoms with Crippen molar-refractivity contribution in [1.82, 2.24) is 0 Å². The Bertz CT molecular complexity index is 1510. The van der Waals surface area contributed by atoms with E-state index in [1.807, 2.05) is 0 Å². The Hall–Kier alpha value is -3.67. The predicted molar refractivity (Wildman–Crippen MR) is 334 cm³/mol. The zero-order valence-electron chi connectivity index (χ0n) is 50.7. The zero-order chi connectivity index (χ0) is 55.7. The number of rotatable bonds is 59. The van der Waals surface area contributed by atoms with Crippen molar-refractivity contribution in [2.75, 3.05) is 13.2 Å². The number of hydrogen-bond donors (Lipinski definition) is 0. The summed E-state index contributed by atoms with van der Waals surface area (Å²) in [5.41, 5.74) is 0. The Labute approximate surface area is 477 Å². The maximum absolute atomic E-state index is 12.9. The molecular formula is C71H122O6. The minimum Gasteiger partial charge on any atom is -0.462 e. The molecule has 0 fully saturated rings. The van der Waals surface area contributed by atoms with Crippen LogP contribution in [0.2, 0.25) is 0 Å². The molecule has 0 spiro atoms. The fourth-order valence-electron chi connectivity index (χ4n) is 9.23. The van der Waals surface area contributed by atoms with Gasteiger partial charge in [0.25, 0.3) is 0 Å². The summed E-state index contributed by atoms with van der Waals surface area (Å²) in [6, 6.07) is 0. The Morgan fingerprint density at radius 1 is 0.273 bits per heavy atom. The summed E-state index contributed by atoms with van der Waals surface area (Å²) in [5.74, 6) is -0.880. The van der Waals surface area contributed by atoms with E-state index in [1.54, 1.807) is 0 Å². The molecule has 0 N–H and O–H groups in total.